The summed E-state index contributed by atoms with van der Waals surface area (Å²) in [5.41, 5.74) is 2.71. The number of benzene rings is 1. The van der Waals surface area contributed by atoms with Gasteiger partial charge in [-0.05, 0) is 24.6 Å². The number of hydrogen-bond acceptors (Lipinski definition) is 4. The molecular formula is C16H22N4O. The van der Waals surface area contributed by atoms with E-state index in [0.717, 1.165) is 49.2 Å². The number of rotatable bonds is 4. The minimum Gasteiger partial charge on any atom is -0.334 e. The predicted octanol–water partition coefficient (Wildman–Crippen LogP) is 1.44. The number of hydrogen-bond donors (Lipinski definition) is 1. The normalized spacial score (nSPS) is 18.0. The average molecular weight is 286 g/mol. The molecule has 21 heavy (non-hydrogen) atoms. The molecule has 0 amide bonds. The number of aromatic nitrogens is 2. The summed E-state index contributed by atoms with van der Waals surface area (Å²) in [6.45, 7) is 5.89. The Balaban J connectivity index is 1.86. The predicted molar refractivity (Wildman–Crippen MR) is 83.6 cm³/mol. The molecule has 1 saturated heterocycles. The van der Waals surface area contributed by atoms with Gasteiger partial charge < -0.3 is 9.88 Å². The fourth-order valence-corrected chi connectivity index (χ4v) is 3.08. The molecular weight excluding hydrogens is 264 g/mol. The molecule has 1 unspecified atom stereocenters. The van der Waals surface area contributed by atoms with Crippen LogP contribution in [0.2, 0.25) is 0 Å². The molecule has 0 saturated carbocycles. The van der Waals surface area contributed by atoms with E-state index >= 15 is 0 Å². The van der Waals surface area contributed by atoms with Gasteiger partial charge in [-0.25, -0.2) is 4.98 Å². The van der Waals surface area contributed by atoms with Crippen LogP contribution >= 0.6 is 0 Å². The van der Waals surface area contributed by atoms with Gasteiger partial charge in [-0.1, -0.05) is 6.92 Å². The summed E-state index contributed by atoms with van der Waals surface area (Å²) in [7, 11) is 1.96. The van der Waals surface area contributed by atoms with E-state index in [1.54, 1.807) is 6.33 Å². The number of nitrogens with zero attached hydrogens (tertiary/aromatic N) is 3. The number of carbonyl (C=O) groups is 1. The number of Topliss-reactive ketones (excluding diaryl/α,β-unsaturated/α-hetero) is 1. The topological polar surface area (TPSA) is 50.2 Å². The Labute approximate surface area is 125 Å². The highest BCUT2D eigenvalue weighted by atomic mass is 16.1. The molecule has 1 atom stereocenters. The van der Waals surface area contributed by atoms with Crippen LogP contribution in [0.3, 0.4) is 0 Å². The van der Waals surface area contributed by atoms with Crippen LogP contribution < -0.4 is 5.32 Å². The zero-order valence-corrected chi connectivity index (χ0v) is 12.7. The van der Waals surface area contributed by atoms with Crippen molar-refractivity contribution in [1.29, 1.82) is 0 Å². The van der Waals surface area contributed by atoms with Crippen molar-refractivity contribution in [3.63, 3.8) is 0 Å². The number of ketones is 1. The van der Waals surface area contributed by atoms with E-state index in [4.69, 9.17) is 0 Å². The first-order chi connectivity index (χ1) is 10.2. The van der Waals surface area contributed by atoms with Crippen molar-refractivity contribution < 1.29 is 4.79 Å². The van der Waals surface area contributed by atoms with Gasteiger partial charge in [0.1, 0.15) is 0 Å². The van der Waals surface area contributed by atoms with Crippen LogP contribution in [-0.2, 0) is 7.05 Å². The molecule has 1 aliphatic rings. The summed E-state index contributed by atoms with van der Waals surface area (Å²) in [4.78, 5) is 19.5. The van der Waals surface area contributed by atoms with Crippen molar-refractivity contribution >= 4 is 16.8 Å². The number of piperazine rings is 1. The van der Waals surface area contributed by atoms with Gasteiger partial charge in [0.2, 0.25) is 0 Å². The molecule has 2 heterocycles. The van der Waals surface area contributed by atoms with E-state index in [1.807, 2.05) is 29.8 Å². The third-order valence-corrected chi connectivity index (χ3v) is 4.29. The first-order valence-corrected chi connectivity index (χ1v) is 7.60. The zero-order chi connectivity index (χ0) is 14.8. The lowest BCUT2D eigenvalue weighted by Gasteiger charge is -2.33. The summed E-state index contributed by atoms with van der Waals surface area (Å²) in [6.07, 6.45) is 2.63. The van der Waals surface area contributed by atoms with Crippen LogP contribution in [0.4, 0.5) is 0 Å². The Kier molecular flexibility index (Phi) is 4.03. The molecule has 1 N–H and O–H groups in total. The number of carbonyl (C=O) groups excluding carboxylic acids is 1. The largest absolute Gasteiger partial charge is 0.334 e. The summed E-state index contributed by atoms with van der Waals surface area (Å²) in [5.74, 6) is 0.215. The fraction of sp³-hybridized carbons (Fsp3) is 0.500. The quantitative estimate of drug-likeness (QED) is 0.864. The smallest absolute Gasteiger partial charge is 0.180 e. The van der Waals surface area contributed by atoms with Gasteiger partial charge in [-0.3, -0.25) is 9.69 Å². The standard InChI is InChI=1S/C16H22N4O/c1-3-14(20-8-6-17-7-9-20)16(21)12-4-5-15-13(10-12)18-11-19(15)2/h4-5,10-11,14,17H,3,6-9H2,1-2H3. The Hall–Kier alpha value is -1.72. The molecule has 2 aromatic rings. The van der Waals surface area contributed by atoms with E-state index in [2.05, 4.69) is 22.1 Å². The van der Waals surface area contributed by atoms with Gasteiger partial charge >= 0.3 is 0 Å². The summed E-state index contributed by atoms with van der Waals surface area (Å²) in [5, 5.41) is 3.33. The van der Waals surface area contributed by atoms with Crippen LogP contribution in [0.5, 0.6) is 0 Å². The Morgan fingerprint density at radius 1 is 1.38 bits per heavy atom. The van der Waals surface area contributed by atoms with Crippen LogP contribution in [0.15, 0.2) is 24.5 Å². The molecule has 5 heteroatoms. The van der Waals surface area contributed by atoms with E-state index in [1.165, 1.54) is 0 Å². The van der Waals surface area contributed by atoms with Crippen LogP contribution in [0.1, 0.15) is 23.7 Å². The second-order valence-corrected chi connectivity index (χ2v) is 5.63. The van der Waals surface area contributed by atoms with Crippen molar-refractivity contribution in [3.8, 4) is 0 Å². The highest BCUT2D eigenvalue weighted by molar-refractivity contribution is 6.02. The summed E-state index contributed by atoms with van der Waals surface area (Å²) < 4.78 is 1.97. The molecule has 112 valence electrons. The molecule has 0 aliphatic carbocycles. The van der Waals surface area contributed by atoms with Crippen LogP contribution in [0, 0.1) is 0 Å². The highest BCUT2D eigenvalue weighted by Gasteiger charge is 2.26. The van der Waals surface area contributed by atoms with Gasteiger partial charge in [0.15, 0.2) is 5.78 Å². The third-order valence-electron chi connectivity index (χ3n) is 4.29. The number of nitrogens with one attached hydrogen (secondary N) is 1. The number of imidazole rings is 1. The molecule has 0 radical (unpaired) electrons. The maximum atomic E-state index is 12.8. The monoisotopic (exact) mass is 286 g/mol. The Bertz CT molecular complexity index is 643. The summed E-state index contributed by atoms with van der Waals surface area (Å²) >= 11 is 0. The molecule has 1 aromatic heterocycles. The number of fused-ring (bicyclic) bond motifs is 1. The van der Waals surface area contributed by atoms with Gasteiger partial charge in [0.05, 0.1) is 23.4 Å². The van der Waals surface area contributed by atoms with Crippen LogP contribution in [-0.4, -0.2) is 52.5 Å². The molecule has 3 rings (SSSR count). The Morgan fingerprint density at radius 3 is 2.86 bits per heavy atom. The third kappa shape index (κ3) is 2.71. The van der Waals surface area contributed by atoms with E-state index < -0.39 is 0 Å². The maximum absolute atomic E-state index is 12.8. The first kappa shape index (κ1) is 14.2. The molecule has 1 aliphatic heterocycles. The highest BCUT2D eigenvalue weighted by Crippen LogP contribution is 2.18. The van der Waals surface area contributed by atoms with E-state index in [9.17, 15) is 4.79 Å². The lowest BCUT2D eigenvalue weighted by atomic mass is 9.99. The lowest BCUT2D eigenvalue weighted by molar-refractivity contribution is 0.0790. The molecule has 0 bridgehead atoms. The van der Waals surface area contributed by atoms with Crippen molar-refractivity contribution in [2.24, 2.45) is 7.05 Å². The average Bonchev–Trinajstić information content (AvgIpc) is 2.90. The van der Waals surface area contributed by atoms with Crippen molar-refractivity contribution in [2.45, 2.75) is 19.4 Å². The molecule has 0 spiro atoms. The minimum absolute atomic E-state index is 0.0201. The minimum atomic E-state index is -0.0201. The molecule has 1 aromatic carbocycles. The second-order valence-electron chi connectivity index (χ2n) is 5.63. The van der Waals surface area contributed by atoms with E-state index in [0.29, 0.717) is 0 Å². The van der Waals surface area contributed by atoms with Crippen molar-refractivity contribution in [1.82, 2.24) is 19.8 Å². The Morgan fingerprint density at radius 2 is 2.14 bits per heavy atom. The summed E-state index contributed by atoms with van der Waals surface area (Å²) in [6, 6.07) is 5.81. The number of aryl methyl sites for hydroxylation is 1. The maximum Gasteiger partial charge on any atom is 0.180 e. The SMILES string of the molecule is CCC(C(=O)c1ccc2c(c1)ncn2C)N1CCNCC1. The second kappa shape index (κ2) is 5.95. The fourth-order valence-electron chi connectivity index (χ4n) is 3.08. The van der Waals surface area contributed by atoms with Crippen molar-refractivity contribution in [2.75, 3.05) is 26.2 Å². The molecule has 5 nitrogen and oxygen atoms in total. The first-order valence-electron chi connectivity index (χ1n) is 7.60. The van der Waals surface area contributed by atoms with Crippen molar-refractivity contribution in [3.05, 3.63) is 30.1 Å². The zero-order valence-electron chi connectivity index (χ0n) is 12.7. The van der Waals surface area contributed by atoms with Gasteiger partial charge in [0, 0.05) is 38.8 Å². The van der Waals surface area contributed by atoms with Gasteiger partial charge in [-0.2, -0.15) is 0 Å². The van der Waals surface area contributed by atoms with E-state index in [-0.39, 0.29) is 11.8 Å². The van der Waals surface area contributed by atoms with Gasteiger partial charge in [0.25, 0.3) is 0 Å². The van der Waals surface area contributed by atoms with Crippen LogP contribution in [0.25, 0.3) is 11.0 Å². The van der Waals surface area contributed by atoms with Gasteiger partial charge in [-0.15, -0.1) is 0 Å². The molecule has 1 fully saturated rings. The lowest BCUT2D eigenvalue weighted by Crippen LogP contribution is -2.51.